The van der Waals surface area contributed by atoms with Gasteiger partial charge >= 0.3 is 11.6 Å². The van der Waals surface area contributed by atoms with Crippen molar-refractivity contribution in [3.05, 3.63) is 106 Å². The number of amides is 1. The highest BCUT2D eigenvalue weighted by Gasteiger charge is 2.22. The van der Waals surface area contributed by atoms with Gasteiger partial charge in [0.25, 0.3) is 0 Å². The van der Waals surface area contributed by atoms with Gasteiger partial charge < -0.3 is 19.3 Å². The van der Waals surface area contributed by atoms with E-state index in [0.29, 0.717) is 27.9 Å². The van der Waals surface area contributed by atoms with Crippen LogP contribution in [0.4, 0.5) is 0 Å². The average molecular weight is 482 g/mol. The van der Waals surface area contributed by atoms with Gasteiger partial charge in [-0.25, -0.2) is 9.59 Å². The van der Waals surface area contributed by atoms with Crippen LogP contribution in [0.3, 0.4) is 0 Å². The second kappa shape index (κ2) is 9.54. The number of hydrogen-bond donors (Lipinski definition) is 2. The largest absolute Gasteiger partial charge is 0.479 e. The summed E-state index contributed by atoms with van der Waals surface area (Å²) in [5, 5.41) is 13.7. The fourth-order valence-electron chi connectivity index (χ4n) is 4.45. The van der Waals surface area contributed by atoms with Crippen LogP contribution in [-0.4, -0.2) is 17.0 Å². The molecule has 1 amide bonds. The van der Waals surface area contributed by atoms with E-state index in [1.165, 1.54) is 0 Å². The molecule has 0 spiro atoms. The zero-order valence-electron chi connectivity index (χ0n) is 19.5. The molecule has 2 N–H and O–H groups in total. The molecule has 0 bridgehead atoms. The molecule has 5 rings (SSSR count). The van der Waals surface area contributed by atoms with Gasteiger partial charge in [-0.15, -0.1) is 0 Å². The van der Waals surface area contributed by atoms with Crippen LogP contribution < -0.4 is 10.9 Å². The van der Waals surface area contributed by atoms with E-state index in [0.717, 1.165) is 21.9 Å². The number of nitrogens with one attached hydrogen (secondary N) is 1. The van der Waals surface area contributed by atoms with Crippen molar-refractivity contribution in [3.63, 3.8) is 0 Å². The quantitative estimate of drug-likeness (QED) is 0.302. The Balaban J connectivity index is 1.43. The van der Waals surface area contributed by atoms with E-state index in [2.05, 4.69) is 5.32 Å². The molecule has 180 valence electrons. The van der Waals surface area contributed by atoms with E-state index in [-0.39, 0.29) is 12.8 Å². The van der Waals surface area contributed by atoms with Crippen molar-refractivity contribution in [2.24, 2.45) is 0 Å². The first-order valence-corrected chi connectivity index (χ1v) is 11.5. The van der Waals surface area contributed by atoms with Gasteiger partial charge in [-0.2, -0.15) is 0 Å². The lowest BCUT2D eigenvalue weighted by Crippen LogP contribution is -2.34. The van der Waals surface area contributed by atoms with Crippen molar-refractivity contribution >= 4 is 33.8 Å². The van der Waals surface area contributed by atoms with Gasteiger partial charge in [0.05, 0.1) is 6.26 Å². The van der Waals surface area contributed by atoms with Gasteiger partial charge in [0.2, 0.25) is 5.91 Å². The molecule has 0 unspecified atom stereocenters. The molecule has 36 heavy (non-hydrogen) atoms. The molecule has 2 aromatic heterocycles. The van der Waals surface area contributed by atoms with E-state index in [1.54, 1.807) is 42.7 Å². The Kier molecular flexibility index (Phi) is 6.12. The zero-order chi connectivity index (χ0) is 25.2. The normalized spacial score (nSPS) is 12.0. The van der Waals surface area contributed by atoms with E-state index in [4.69, 9.17) is 8.83 Å². The lowest BCUT2D eigenvalue weighted by molar-refractivity contribution is -0.142. The number of carbonyl (C=O) groups excluding carboxylic acids is 1. The van der Waals surface area contributed by atoms with Crippen LogP contribution in [0.25, 0.3) is 33.1 Å². The summed E-state index contributed by atoms with van der Waals surface area (Å²) in [5.74, 6) is -1.63. The molecule has 0 aliphatic heterocycles. The van der Waals surface area contributed by atoms with Gasteiger partial charge in [-0.3, -0.25) is 4.79 Å². The second-order valence-corrected chi connectivity index (χ2v) is 8.60. The number of carbonyl (C=O) groups is 2. The highest BCUT2D eigenvalue weighted by Crippen LogP contribution is 2.34. The monoisotopic (exact) mass is 481 g/mol. The minimum Gasteiger partial charge on any atom is -0.479 e. The fraction of sp³-hybridized carbons (Fsp3) is 0.138. The molecule has 1 atom stereocenters. The number of aryl methyl sites for hydroxylation is 1. The summed E-state index contributed by atoms with van der Waals surface area (Å²) in [5.41, 5.74) is 3.99. The number of furan rings is 1. The van der Waals surface area contributed by atoms with Gasteiger partial charge in [-0.1, -0.05) is 60.7 Å². The van der Waals surface area contributed by atoms with Gasteiger partial charge in [0.1, 0.15) is 11.2 Å². The Hall–Kier alpha value is -4.65. The molecule has 0 aliphatic rings. The molecule has 7 nitrogen and oxygen atoms in total. The molecule has 7 heteroatoms. The van der Waals surface area contributed by atoms with Crippen LogP contribution in [0, 0.1) is 6.92 Å². The summed E-state index contributed by atoms with van der Waals surface area (Å²) >= 11 is 0. The lowest BCUT2D eigenvalue weighted by atomic mass is 9.98. The zero-order valence-corrected chi connectivity index (χ0v) is 19.5. The molecule has 0 radical (unpaired) electrons. The van der Waals surface area contributed by atoms with Gasteiger partial charge in [0, 0.05) is 34.4 Å². The van der Waals surface area contributed by atoms with Gasteiger partial charge in [0.15, 0.2) is 6.04 Å². The number of carboxylic acids is 1. The summed E-state index contributed by atoms with van der Waals surface area (Å²) < 4.78 is 11.3. The Morgan fingerprint density at radius 1 is 0.944 bits per heavy atom. The summed E-state index contributed by atoms with van der Waals surface area (Å²) in [6, 6.07) is 20.8. The van der Waals surface area contributed by atoms with Gasteiger partial charge in [-0.05, 0) is 36.1 Å². The van der Waals surface area contributed by atoms with E-state index < -0.39 is 23.5 Å². The number of aliphatic carboxylic acids is 1. The summed E-state index contributed by atoms with van der Waals surface area (Å²) in [6.45, 7) is 1.82. The minimum atomic E-state index is -1.17. The molecular weight excluding hydrogens is 458 g/mol. The first-order chi connectivity index (χ1) is 17.4. The highest BCUT2D eigenvalue weighted by molar-refractivity contribution is 6.02. The van der Waals surface area contributed by atoms with E-state index >= 15 is 0 Å². The molecule has 0 fully saturated rings. The smallest absolute Gasteiger partial charge is 0.339 e. The Morgan fingerprint density at radius 2 is 1.64 bits per heavy atom. The Morgan fingerprint density at radius 3 is 2.33 bits per heavy atom. The predicted molar refractivity (Wildman–Crippen MR) is 136 cm³/mol. The van der Waals surface area contributed by atoms with Crippen LogP contribution in [0.1, 0.15) is 29.2 Å². The number of carboxylic acid groups (broad SMARTS) is 1. The molecule has 0 saturated heterocycles. The van der Waals surface area contributed by atoms with E-state index in [1.807, 2.05) is 43.3 Å². The van der Waals surface area contributed by atoms with Crippen molar-refractivity contribution in [1.29, 1.82) is 0 Å². The lowest BCUT2D eigenvalue weighted by Gasteiger charge is -2.15. The first-order valence-electron chi connectivity index (χ1n) is 11.5. The molecule has 3 aromatic carbocycles. The van der Waals surface area contributed by atoms with Crippen molar-refractivity contribution in [2.45, 2.75) is 25.8 Å². The minimum absolute atomic E-state index is 0.0586. The third-order valence-electron chi connectivity index (χ3n) is 6.35. The van der Waals surface area contributed by atoms with E-state index in [9.17, 15) is 19.5 Å². The maximum atomic E-state index is 12.8. The Bertz CT molecular complexity index is 1630. The van der Waals surface area contributed by atoms with Crippen molar-refractivity contribution in [1.82, 2.24) is 5.32 Å². The molecule has 5 aromatic rings. The summed E-state index contributed by atoms with van der Waals surface area (Å²) in [4.78, 5) is 37.1. The van der Waals surface area contributed by atoms with Crippen LogP contribution >= 0.6 is 0 Å². The van der Waals surface area contributed by atoms with Crippen LogP contribution in [0.2, 0.25) is 0 Å². The highest BCUT2D eigenvalue weighted by atomic mass is 16.4. The number of rotatable bonds is 7. The number of hydrogen-bond acceptors (Lipinski definition) is 5. The number of benzene rings is 3. The predicted octanol–water partition coefficient (Wildman–Crippen LogP) is 5.39. The first kappa shape index (κ1) is 23.1. The van der Waals surface area contributed by atoms with Crippen LogP contribution in [-0.2, 0) is 16.0 Å². The molecular formula is C29H23NO6. The SMILES string of the molecule is Cc1c(CCC(=O)N[C@@H](C(=O)O)c2ccccc2)c(=O)oc2cc3occ(-c4ccccc4)c3cc12. The molecule has 0 saturated carbocycles. The summed E-state index contributed by atoms with van der Waals surface area (Å²) in [7, 11) is 0. The van der Waals surface area contributed by atoms with Crippen molar-refractivity contribution in [2.75, 3.05) is 0 Å². The fourth-order valence-corrected chi connectivity index (χ4v) is 4.45. The third-order valence-corrected chi connectivity index (χ3v) is 6.35. The maximum Gasteiger partial charge on any atom is 0.339 e. The molecule has 0 aliphatic carbocycles. The Labute approximate surface area is 206 Å². The maximum absolute atomic E-state index is 12.8. The average Bonchev–Trinajstić information content (AvgIpc) is 3.30. The topological polar surface area (TPSA) is 110 Å². The van der Waals surface area contributed by atoms with Crippen molar-refractivity contribution in [3.8, 4) is 11.1 Å². The van der Waals surface area contributed by atoms with Crippen molar-refractivity contribution < 1.29 is 23.5 Å². The number of fused-ring (bicyclic) bond motifs is 2. The van der Waals surface area contributed by atoms with Crippen LogP contribution in [0.15, 0.2) is 92.7 Å². The summed E-state index contributed by atoms with van der Waals surface area (Å²) in [6.07, 6.45) is 1.74. The van der Waals surface area contributed by atoms with Crippen LogP contribution in [0.5, 0.6) is 0 Å². The third kappa shape index (κ3) is 4.38. The molecule has 2 heterocycles. The standard InChI is InChI=1S/C29H23NO6/c1-17-20(12-13-26(31)30-27(28(32)33)19-10-6-3-7-11-19)29(34)36-25-15-24-22(14-21(17)25)23(16-35-24)18-8-4-2-5-9-18/h2-11,14-16,27H,12-13H2,1H3,(H,30,31)(H,32,33)/t27-/m1/s1. The second-order valence-electron chi connectivity index (χ2n) is 8.60.